The third-order valence-corrected chi connectivity index (χ3v) is 3.84. The molecule has 1 saturated heterocycles. The van der Waals surface area contributed by atoms with E-state index in [4.69, 9.17) is 9.47 Å². The van der Waals surface area contributed by atoms with Crippen LogP contribution in [0.2, 0.25) is 0 Å². The van der Waals surface area contributed by atoms with E-state index in [-0.39, 0.29) is 13.2 Å². The first-order valence-corrected chi connectivity index (χ1v) is 8.15. The van der Waals surface area contributed by atoms with E-state index in [0.29, 0.717) is 0 Å². The van der Waals surface area contributed by atoms with Crippen LogP contribution in [-0.2, 0) is 23.9 Å². The molecule has 0 radical (unpaired) electrons. The van der Waals surface area contributed by atoms with Crippen LogP contribution in [0.5, 0.6) is 0 Å². The van der Waals surface area contributed by atoms with E-state index in [1.807, 2.05) is 0 Å². The molecule has 1 heterocycles. The van der Waals surface area contributed by atoms with Crippen molar-refractivity contribution in [1.29, 1.82) is 0 Å². The molecule has 0 aromatic rings. The highest BCUT2D eigenvalue weighted by Gasteiger charge is 2.54. The molecular weight excluding hydrogens is 352 g/mol. The monoisotopic (exact) mass is 378 g/mol. The molecule has 0 spiro atoms. The number of ether oxygens (including phenoxy) is 2. The second kappa shape index (κ2) is 9.24. The van der Waals surface area contributed by atoms with Gasteiger partial charge in [0.25, 0.3) is 5.79 Å². The first-order chi connectivity index (χ1) is 12.0. The van der Waals surface area contributed by atoms with Crippen LogP contribution >= 0.6 is 0 Å². The Balaban J connectivity index is 3.05. The maximum atomic E-state index is 12.0. The van der Waals surface area contributed by atoms with Crippen molar-refractivity contribution in [2.75, 3.05) is 13.2 Å². The molecular formula is C15H26N2O9. The Labute approximate surface area is 150 Å². The van der Waals surface area contributed by atoms with Crippen molar-refractivity contribution in [2.45, 2.75) is 63.4 Å². The molecule has 2 amide bonds. The highest BCUT2D eigenvalue weighted by Crippen LogP contribution is 2.31. The van der Waals surface area contributed by atoms with Crippen LogP contribution in [0.3, 0.4) is 0 Å². The molecule has 0 saturated carbocycles. The lowest BCUT2D eigenvalue weighted by Gasteiger charge is -2.45. The Hall–Kier alpha value is -1.79. The van der Waals surface area contributed by atoms with Crippen molar-refractivity contribution < 1.29 is 44.3 Å². The summed E-state index contributed by atoms with van der Waals surface area (Å²) in [7, 11) is 0. The van der Waals surface area contributed by atoms with Crippen LogP contribution in [-0.4, -0.2) is 87.6 Å². The molecule has 26 heavy (non-hydrogen) atoms. The van der Waals surface area contributed by atoms with Gasteiger partial charge in [0, 0.05) is 26.8 Å². The van der Waals surface area contributed by atoms with Crippen molar-refractivity contribution in [3.8, 4) is 0 Å². The number of esters is 1. The number of hydrogen-bond donors (Lipinski definition) is 6. The first-order valence-electron chi connectivity index (χ1n) is 8.15. The van der Waals surface area contributed by atoms with Crippen LogP contribution in [0.4, 0.5) is 0 Å². The second-order valence-corrected chi connectivity index (χ2v) is 6.08. The number of aliphatic hydroxyl groups excluding tert-OH is 3. The molecule has 11 nitrogen and oxygen atoms in total. The largest absolute Gasteiger partial charge is 0.462 e. The van der Waals surface area contributed by atoms with E-state index in [1.54, 1.807) is 0 Å². The molecule has 0 bridgehead atoms. The van der Waals surface area contributed by atoms with Gasteiger partial charge in [-0.2, -0.15) is 0 Å². The maximum Gasteiger partial charge on any atom is 0.366 e. The average Bonchev–Trinajstić information content (AvgIpc) is 2.54. The van der Waals surface area contributed by atoms with Gasteiger partial charge in [0.15, 0.2) is 0 Å². The fourth-order valence-corrected chi connectivity index (χ4v) is 2.63. The highest BCUT2D eigenvalue weighted by molar-refractivity contribution is 5.78. The van der Waals surface area contributed by atoms with Crippen LogP contribution < -0.4 is 10.6 Å². The number of carbonyl (C=O) groups is 3. The predicted octanol–water partition coefficient (Wildman–Crippen LogP) is -3.25. The molecule has 1 fully saturated rings. The fourth-order valence-electron chi connectivity index (χ4n) is 2.63. The summed E-state index contributed by atoms with van der Waals surface area (Å²) in [4.78, 5) is 34.3. The third kappa shape index (κ3) is 5.61. The zero-order valence-electron chi connectivity index (χ0n) is 14.8. The zero-order chi connectivity index (χ0) is 20.1. The normalized spacial score (nSPS) is 30.8. The third-order valence-electron chi connectivity index (χ3n) is 3.84. The maximum absolute atomic E-state index is 12.0. The van der Waals surface area contributed by atoms with E-state index < -0.39 is 60.4 Å². The van der Waals surface area contributed by atoms with Crippen molar-refractivity contribution in [1.82, 2.24) is 10.6 Å². The molecule has 6 atom stereocenters. The van der Waals surface area contributed by atoms with Crippen molar-refractivity contribution >= 4 is 17.8 Å². The topological polar surface area (TPSA) is 175 Å². The number of nitrogens with one attached hydrogen (secondary N) is 2. The van der Waals surface area contributed by atoms with Crippen LogP contribution in [0.25, 0.3) is 0 Å². The summed E-state index contributed by atoms with van der Waals surface area (Å²) in [5, 5.41) is 45.7. The molecule has 0 aliphatic carbocycles. The Morgan fingerprint density at radius 3 is 2.38 bits per heavy atom. The van der Waals surface area contributed by atoms with E-state index in [0.717, 1.165) is 6.92 Å². The quantitative estimate of drug-likeness (QED) is 0.249. The zero-order valence-corrected chi connectivity index (χ0v) is 14.8. The smallest absolute Gasteiger partial charge is 0.366 e. The minimum Gasteiger partial charge on any atom is -0.462 e. The number of aliphatic hydroxyl groups is 4. The summed E-state index contributed by atoms with van der Waals surface area (Å²) in [6.45, 7) is 3.46. The van der Waals surface area contributed by atoms with Gasteiger partial charge in [-0.25, -0.2) is 4.79 Å². The molecule has 150 valence electrons. The van der Waals surface area contributed by atoms with E-state index in [2.05, 4.69) is 10.6 Å². The standard InChI is InChI=1S/C15H26N2O9/c1-4-25-14(23)15(24)5-9(20)11(17-8(3)19)13(26-15)12(22)10(21)6-16-7(2)18/h9-13,20-22,24H,4-6H2,1-3H3,(H,16,18)(H,17,19)/t9-,10+,11+,12+,13+,15?/m0/s1. The van der Waals surface area contributed by atoms with Crippen molar-refractivity contribution in [3.05, 3.63) is 0 Å². The van der Waals surface area contributed by atoms with Crippen molar-refractivity contribution in [3.63, 3.8) is 0 Å². The lowest BCUT2D eigenvalue weighted by Crippen LogP contribution is -2.67. The van der Waals surface area contributed by atoms with Gasteiger partial charge in [-0.05, 0) is 6.92 Å². The van der Waals surface area contributed by atoms with Gasteiger partial charge < -0.3 is 40.5 Å². The Kier molecular flexibility index (Phi) is 7.90. The molecule has 11 heteroatoms. The Morgan fingerprint density at radius 1 is 1.27 bits per heavy atom. The lowest BCUT2D eigenvalue weighted by molar-refractivity contribution is -0.296. The molecule has 1 aliphatic heterocycles. The number of carbonyl (C=O) groups excluding carboxylic acids is 3. The van der Waals surface area contributed by atoms with Crippen molar-refractivity contribution in [2.24, 2.45) is 0 Å². The summed E-state index contributed by atoms with van der Waals surface area (Å²) in [6.07, 6.45) is -6.95. The minimum atomic E-state index is -2.57. The SMILES string of the molecule is CCOC(=O)C1(O)C[C@H](O)[C@@H](NC(C)=O)[C@H]([C@H](O)[C@H](O)CNC(C)=O)O1. The summed E-state index contributed by atoms with van der Waals surface area (Å²) < 4.78 is 9.95. The minimum absolute atomic E-state index is 0.0614. The van der Waals surface area contributed by atoms with Crippen LogP contribution in [0.1, 0.15) is 27.2 Å². The van der Waals surface area contributed by atoms with Gasteiger partial charge >= 0.3 is 5.97 Å². The van der Waals surface area contributed by atoms with Crippen LogP contribution in [0, 0.1) is 0 Å². The molecule has 1 unspecified atom stereocenters. The summed E-state index contributed by atoms with van der Waals surface area (Å²) in [5.41, 5.74) is 0. The van der Waals surface area contributed by atoms with E-state index >= 15 is 0 Å². The van der Waals surface area contributed by atoms with Gasteiger partial charge in [-0.1, -0.05) is 0 Å². The Bertz CT molecular complexity index is 529. The van der Waals surface area contributed by atoms with Gasteiger partial charge in [-0.3, -0.25) is 9.59 Å². The Morgan fingerprint density at radius 2 is 1.88 bits per heavy atom. The van der Waals surface area contributed by atoms with Gasteiger partial charge in [-0.15, -0.1) is 0 Å². The number of rotatable bonds is 7. The summed E-state index contributed by atoms with van der Waals surface area (Å²) in [5.74, 6) is -4.76. The molecule has 0 aromatic carbocycles. The predicted molar refractivity (Wildman–Crippen MR) is 85.4 cm³/mol. The van der Waals surface area contributed by atoms with E-state index in [9.17, 15) is 34.8 Å². The molecule has 6 N–H and O–H groups in total. The molecule has 1 aliphatic rings. The van der Waals surface area contributed by atoms with E-state index in [1.165, 1.54) is 13.8 Å². The van der Waals surface area contributed by atoms with Gasteiger partial charge in [0.05, 0.1) is 24.9 Å². The molecule has 1 rings (SSSR count). The van der Waals surface area contributed by atoms with Crippen LogP contribution in [0.15, 0.2) is 0 Å². The summed E-state index contributed by atoms with van der Waals surface area (Å²) >= 11 is 0. The average molecular weight is 378 g/mol. The second-order valence-electron chi connectivity index (χ2n) is 6.08. The number of amides is 2. The lowest BCUT2D eigenvalue weighted by atomic mass is 9.88. The molecule has 0 aromatic heterocycles. The van der Waals surface area contributed by atoms with Gasteiger partial charge in [0.1, 0.15) is 12.2 Å². The van der Waals surface area contributed by atoms with Gasteiger partial charge in [0.2, 0.25) is 11.8 Å². The number of hydrogen-bond acceptors (Lipinski definition) is 9. The fraction of sp³-hybridized carbons (Fsp3) is 0.800. The first kappa shape index (κ1) is 22.3. The summed E-state index contributed by atoms with van der Waals surface area (Å²) in [6, 6.07) is -1.22. The highest BCUT2D eigenvalue weighted by atomic mass is 16.7.